The maximum absolute atomic E-state index is 11.1. The SMILES string of the molecule is O=C(O)c1cc(C2CCCCC2)cnc1C(=O)O. The Kier molecular flexibility index (Phi) is 3.60. The molecule has 1 heterocycles. The number of carboxylic acid groups (broad SMARTS) is 2. The van der Waals surface area contributed by atoms with E-state index in [1.54, 1.807) is 0 Å². The number of rotatable bonds is 3. The molecule has 0 saturated heterocycles. The maximum atomic E-state index is 11.1. The third-order valence-corrected chi connectivity index (χ3v) is 3.42. The Morgan fingerprint density at radius 3 is 2.33 bits per heavy atom. The van der Waals surface area contributed by atoms with E-state index in [1.165, 1.54) is 18.7 Å². The molecule has 2 N–H and O–H groups in total. The average molecular weight is 249 g/mol. The van der Waals surface area contributed by atoms with Gasteiger partial charge >= 0.3 is 11.9 Å². The molecule has 1 aromatic heterocycles. The molecule has 5 heteroatoms. The van der Waals surface area contributed by atoms with Crippen molar-refractivity contribution in [1.29, 1.82) is 0 Å². The van der Waals surface area contributed by atoms with Crippen LogP contribution in [0.4, 0.5) is 0 Å². The molecule has 1 aliphatic carbocycles. The van der Waals surface area contributed by atoms with Gasteiger partial charge < -0.3 is 10.2 Å². The highest BCUT2D eigenvalue weighted by Crippen LogP contribution is 2.32. The van der Waals surface area contributed by atoms with Crippen LogP contribution in [0.25, 0.3) is 0 Å². The van der Waals surface area contributed by atoms with Crippen LogP contribution in [0.15, 0.2) is 12.3 Å². The Morgan fingerprint density at radius 2 is 1.78 bits per heavy atom. The minimum atomic E-state index is -1.30. The fourth-order valence-corrected chi connectivity index (χ4v) is 2.47. The van der Waals surface area contributed by atoms with Crippen LogP contribution in [0.3, 0.4) is 0 Å². The summed E-state index contributed by atoms with van der Waals surface area (Å²) in [6, 6.07) is 1.47. The topological polar surface area (TPSA) is 87.5 Å². The average Bonchev–Trinajstić information content (AvgIpc) is 2.39. The van der Waals surface area contributed by atoms with E-state index in [0.717, 1.165) is 31.2 Å². The summed E-state index contributed by atoms with van der Waals surface area (Å²) in [5, 5.41) is 17.9. The van der Waals surface area contributed by atoms with Crippen molar-refractivity contribution in [3.63, 3.8) is 0 Å². The fraction of sp³-hybridized carbons (Fsp3) is 0.462. The monoisotopic (exact) mass is 249 g/mol. The van der Waals surface area contributed by atoms with Crippen molar-refractivity contribution < 1.29 is 19.8 Å². The molecule has 1 fully saturated rings. The number of pyridine rings is 1. The summed E-state index contributed by atoms with van der Waals surface area (Å²) in [5.41, 5.74) is 0.240. The first-order chi connectivity index (χ1) is 8.59. The van der Waals surface area contributed by atoms with Gasteiger partial charge in [-0.05, 0) is 30.4 Å². The Morgan fingerprint density at radius 1 is 1.11 bits per heavy atom. The van der Waals surface area contributed by atoms with Crippen molar-refractivity contribution in [2.45, 2.75) is 38.0 Å². The molecule has 0 spiro atoms. The van der Waals surface area contributed by atoms with E-state index >= 15 is 0 Å². The molecule has 0 amide bonds. The molecule has 1 aromatic rings. The molecular formula is C13H15NO4. The first kappa shape index (κ1) is 12.5. The van der Waals surface area contributed by atoms with E-state index in [-0.39, 0.29) is 11.3 Å². The van der Waals surface area contributed by atoms with Gasteiger partial charge in [-0.25, -0.2) is 14.6 Å². The van der Waals surface area contributed by atoms with Gasteiger partial charge in [-0.3, -0.25) is 0 Å². The molecule has 1 aliphatic rings. The van der Waals surface area contributed by atoms with E-state index in [9.17, 15) is 9.59 Å². The zero-order valence-electron chi connectivity index (χ0n) is 9.93. The van der Waals surface area contributed by atoms with Gasteiger partial charge in [-0.15, -0.1) is 0 Å². The molecule has 0 bridgehead atoms. The standard InChI is InChI=1S/C13H15NO4/c15-12(16)10-6-9(7-14-11(10)13(17)18)8-4-2-1-3-5-8/h6-8H,1-5H2,(H,15,16)(H,17,18). The molecule has 0 atom stereocenters. The van der Waals surface area contributed by atoms with Crippen LogP contribution in [0.1, 0.15) is 64.4 Å². The lowest BCUT2D eigenvalue weighted by Crippen LogP contribution is -2.13. The van der Waals surface area contributed by atoms with E-state index in [2.05, 4.69) is 4.98 Å². The third-order valence-electron chi connectivity index (χ3n) is 3.42. The molecular weight excluding hydrogens is 234 g/mol. The Hall–Kier alpha value is -1.91. The summed E-state index contributed by atoms with van der Waals surface area (Å²) >= 11 is 0. The molecule has 2 rings (SSSR count). The molecule has 0 aromatic carbocycles. The Labute approximate surface area is 104 Å². The van der Waals surface area contributed by atoms with Gasteiger partial charge in [0.05, 0.1) is 5.56 Å². The van der Waals surface area contributed by atoms with Gasteiger partial charge in [-0.1, -0.05) is 19.3 Å². The highest BCUT2D eigenvalue weighted by molar-refractivity contribution is 6.00. The summed E-state index contributed by atoms with van der Waals surface area (Å²) in [4.78, 5) is 25.7. The van der Waals surface area contributed by atoms with Gasteiger partial charge in [0.25, 0.3) is 0 Å². The van der Waals surface area contributed by atoms with Gasteiger partial charge in [0.2, 0.25) is 0 Å². The highest BCUT2D eigenvalue weighted by Gasteiger charge is 2.22. The van der Waals surface area contributed by atoms with Crippen LogP contribution in [-0.4, -0.2) is 27.1 Å². The fourth-order valence-electron chi connectivity index (χ4n) is 2.47. The molecule has 0 aliphatic heterocycles. The van der Waals surface area contributed by atoms with Crippen molar-refractivity contribution in [3.8, 4) is 0 Å². The molecule has 5 nitrogen and oxygen atoms in total. The van der Waals surface area contributed by atoms with Crippen LogP contribution in [0.5, 0.6) is 0 Å². The van der Waals surface area contributed by atoms with Crippen molar-refractivity contribution >= 4 is 11.9 Å². The minimum absolute atomic E-state index is 0.217. The van der Waals surface area contributed by atoms with E-state index in [0.29, 0.717) is 5.92 Å². The first-order valence-corrected chi connectivity index (χ1v) is 6.06. The van der Waals surface area contributed by atoms with E-state index in [1.807, 2.05) is 0 Å². The predicted molar refractivity (Wildman–Crippen MR) is 64.0 cm³/mol. The van der Waals surface area contributed by atoms with Gasteiger partial charge in [0, 0.05) is 6.20 Å². The Bertz CT molecular complexity index is 478. The number of carboxylic acids is 2. The van der Waals surface area contributed by atoms with Crippen LogP contribution in [-0.2, 0) is 0 Å². The lowest BCUT2D eigenvalue weighted by molar-refractivity contribution is 0.0646. The normalized spacial score (nSPS) is 16.4. The number of hydrogen-bond donors (Lipinski definition) is 2. The summed E-state index contributed by atoms with van der Waals surface area (Å²) in [5.74, 6) is -2.23. The lowest BCUT2D eigenvalue weighted by atomic mass is 9.84. The summed E-state index contributed by atoms with van der Waals surface area (Å²) in [6.45, 7) is 0. The quantitative estimate of drug-likeness (QED) is 0.859. The highest BCUT2D eigenvalue weighted by atomic mass is 16.4. The number of nitrogens with zero attached hydrogens (tertiary/aromatic N) is 1. The van der Waals surface area contributed by atoms with Gasteiger partial charge in [-0.2, -0.15) is 0 Å². The third kappa shape index (κ3) is 2.50. The molecule has 0 radical (unpaired) electrons. The number of aromatic nitrogens is 1. The van der Waals surface area contributed by atoms with E-state index in [4.69, 9.17) is 10.2 Å². The predicted octanol–water partition coefficient (Wildman–Crippen LogP) is 2.53. The second kappa shape index (κ2) is 5.16. The van der Waals surface area contributed by atoms with Gasteiger partial charge in [0.15, 0.2) is 5.69 Å². The Balaban J connectivity index is 2.36. The molecule has 0 unspecified atom stereocenters. The number of carbonyl (C=O) groups is 2. The van der Waals surface area contributed by atoms with Crippen molar-refractivity contribution in [3.05, 3.63) is 29.1 Å². The summed E-state index contributed by atoms with van der Waals surface area (Å²) in [7, 11) is 0. The maximum Gasteiger partial charge on any atom is 0.355 e. The molecule has 1 saturated carbocycles. The van der Waals surface area contributed by atoms with Crippen LogP contribution < -0.4 is 0 Å². The van der Waals surface area contributed by atoms with Crippen LogP contribution in [0, 0.1) is 0 Å². The summed E-state index contributed by atoms with van der Waals surface area (Å²) < 4.78 is 0. The van der Waals surface area contributed by atoms with E-state index < -0.39 is 11.9 Å². The summed E-state index contributed by atoms with van der Waals surface area (Å²) in [6.07, 6.45) is 7.02. The molecule has 96 valence electrons. The largest absolute Gasteiger partial charge is 0.478 e. The second-order valence-corrected chi connectivity index (χ2v) is 4.61. The smallest absolute Gasteiger partial charge is 0.355 e. The van der Waals surface area contributed by atoms with Gasteiger partial charge in [0.1, 0.15) is 0 Å². The van der Waals surface area contributed by atoms with Crippen LogP contribution >= 0.6 is 0 Å². The minimum Gasteiger partial charge on any atom is -0.478 e. The lowest BCUT2D eigenvalue weighted by Gasteiger charge is -2.22. The zero-order chi connectivity index (χ0) is 13.1. The second-order valence-electron chi connectivity index (χ2n) is 4.61. The van der Waals surface area contributed by atoms with Crippen molar-refractivity contribution in [2.24, 2.45) is 0 Å². The first-order valence-electron chi connectivity index (χ1n) is 6.06. The number of hydrogen-bond acceptors (Lipinski definition) is 3. The molecule has 18 heavy (non-hydrogen) atoms. The van der Waals surface area contributed by atoms with Crippen molar-refractivity contribution in [1.82, 2.24) is 4.98 Å². The van der Waals surface area contributed by atoms with Crippen molar-refractivity contribution in [2.75, 3.05) is 0 Å². The zero-order valence-corrected chi connectivity index (χ0v) is 9.93. The number of aromatic carboxylic acids is 2. The van der Waals surface area contributed by atoms with Crippen LogP contribution in [0.2, 0.25) is 0 Å².